The third-order valence-electron chi connectivity index (χ3n) is 5.74. The van der Waals surface area contributed by atoms with Gasteiger partial charge in [-0.15, -0.1) is 0 Å². The number of hydrogen-bond acceptors (Lipinski definition) is 9. The third-order valence-corrected chi connectivity index (χ3v) is 5.74. The van der Waals surface area contributed by atoms with E-state index >= 15 is 0 Å². The molecule has 1 saturated heterocycles. The Labute approximate surface area is 166 Å². The van der Waals surface area contributed by atoms with E-state index in [0.29, 0.717) is 26.2 Å². The summed E-state index contributed by atoms with van der Waals surface area (Å²) in [5, 5.41) is 0. The van der Waals surface area contributed by atoms with Crippen molar-refractivity contribution in [2.45, 2.75) is 37.8 Å². The van der Waals surface area contributed by atoms with Crippen molar-refractivity contribution in [1.82, 2.24) is 14.7 Å². The molecule has 0 aromatic rings. The van der Waals surface area contributed by atoms with Crippen LogP contribution in [-0.2, 0) is 28.6 Å². The lowest BCUT2D eigenvalue weighted by atomic mass is 9.87. The largest absolute Gasteiger partial charge is 0.468 e. The molecule has 9 heteroatoms. The summed E-state index contributed by atoms with van der Waals surface area (Å²) in [5.74, 6) is -0.846. The van der Waals surface area contributed by atoms with Crippen LogP contribution in [0.1, 0.15) is 25.7 Å². The molecule has 2 unspecified atom stereocenters. The fourth-order valence-electron chi connectivity index (χ4n) is 4.19. The standard InChI is InChI=1S/C19H33N3O6/c1-26-17(23)12-20-8-10-21(13-18(24)27-2)15-6-4-5-7-16(15)22(11-9-20)14-19(25)28-3/h15-16H,4-14H2,1-3H3. The molecule has 0 N–H and O–H groups in total. The molecule has 2 atom stereocenters. The summed E-state index contributed by atoms with van der Waals surface area (Å²) in [5.41, 5.74) is 0. The van der Waals surface area contributed by atoms with Gasteiger partial charge in [0.1, 0.15) is 0 Å². The highest BCUT2D eigenvalue weighted by Crippen LogP contribution is 2.28. The maximum atomic E-state index is 12.0. The van der Waals surface area contributed by atoms with Crippen molar-refractivity contribution in [3.05, 3.63) is 0 Å². The molecule has 2 aliphatic rings. The Hall–Kier alpha value is -1.71. The quantitative estimate of drug-likeness (QED) is 0.442. The van der Waals surface area contributed by atoms with Gasteiger partial charge in [0.25, 0.3) is 0 Å². The molecule has 0 spiro atoms. The van der Waals surface area contributed by atoms with Crippen LogP contribution < -0.4 is 0 Å². The van der Waals surface area contributed by atoms with Gasteiger partial charge in [0.2, 0.25) is 0 Å². The summed E-state index contributed by atoms with van der Waals surface area (Å²) >= 11 is 0. The molecular formula is C19H33N3O6. The molecule has 9 nitrogen and oxygen atoms in total. The van der Waals surface area contributed by atoms with Gasteiger partial charge in [-0.2, -0.15) is 0 Å². The SMILES string of the molecule is COC(=O)CN1CCN(CC(=O)OC)C2CCCCC2N(CC(=O)OC)CC1. The molecule has 0 aromatic heterocycles. The molecule has 0 bridgehead atoms. The Balaban J connectivity index is 2.25. The van der Waals surface area contributed by atoms with E-state index in [1.54, 1.807) is 0 Å². The Morgan fingerprint density at radius 3 is 1.46 bits per heavy atom. The van der Waals surface area contributed by atoms with Crippen LogP contribution in [0.15, 0.2) is 0 Å². The molecule has 160 valence electrons. The lowest BCUT2D eigenvalue weighted by Gasteiger charge is -2.43. The summed E-state index contributed by atoms with van der Waals surface area (Å²) < 4.78 is 14.6. The molecule has 28 heavy (non-hydrogen) atoms. The van der Waals surface area contributed by atoms with Crippen LogP contribution in [0.2, 0.25) is 0 Å². The molecule has 1 saturated carbocycles. The van der Waals surface area contributed by atoms with Crippen LogP contribution in [0, 0.1) is 0 Å². The molecular weight excluding hydrogens is 366 g/mol. The Morgan fingerprint density at radius 1 is 0.679 bits per heavy atom. The van der Waals surface area contributed by atoms with Gasteiger partial charge in [-0.1, -0.05) is 12.8 Å². The number of esters is 3. The van der Waals surface area contributed by atoms with Gasteiger partial charge >= 0.3 is 17.9 Å². The number of carbonyl (C=O) groups is 3. The van der Waals surface area contributed by atoms with Gasteiger partial charge in [-0.25, -0.2) is 0 Å². The lowest BCUT2D eigenvalue weighted by Crippen LogP contribution is -2.56. The molecule has 1 aliphatic carbocycles. The lowest BCUT2D eigenvalue weighted by molar-refractivity contribution is -0.145. The van der Waals surface area contributed by atoms with E-state index in [4.69, 9.17) is 14.2 Å². The number of methoxy groups -OCH3 is 3. The van der Waals surface area contributed by atoms with Crippen molar-refractivity contribution in [3.8, 4) is 0 Å². The summed E-state index contributed by atoms with van der Waals surface area (Å²) in [7, 11) is 4.16. The Morgan fingerprint density at radius 2 is 1.07 bits per heavy atom. The minimum atomic E-state index is -0.296. The highest BCUT2D eigenvalue weighted by molar-refractivity contribution is 5.72. The summed E-state index contributed by atoms with van der Waals surface area (Å²) in [6.07, 6.45) is 4.13. The molecule has 2 rings (SSSR count). The van der Waals surface area contributed by atoms with Gasteiger partial charge in [0, 0.05) is 38.3 Å². The molecule has 1 aliphatic heterocycles. The van der Waals surface area contributed by atoms with Crippen molar-refractivity contribution in [2.24, 2.45) is 0 Å². The first-order chi connectivity index (χ1) is 13.5. The van der Waals surface area contributed by atoms with Gasteiger partial charge < -0.3 is 14.2 Å². The topological polar surface area (TPSA) is 88.6 Å². The predicted octanol–water partition coefficient (Wildman–Crippen LogP) is -0.264. The molecule has 2 fully saturated rings. The number of hydrogen-bond donors (Lipinski definition) is 0. The van der Waals surface area contributed by atoms with Crippen LogP contribution in [-0.4, -0.2) is 112 Å². The average molecular weight is 399 g/mol. The van der Waals surface area contributed by atoms with Gasteiger partial charge in [0.05, 0.1) is 41.0 Å². The summed E-state index contributed by atoms with van der Waals surface area (Å²) in [6, 6.07) is 0.325. The van der Waals surface area contributed by atoms with E-state index in [1.807, 2.05) is 4.90 Å². The zero-order valence-electron chi connectivity index (χ0n) is 17.2. The van der Waals surface area contributed by atoms with E-state index in [-0.39, 0.29) is 49.6 Å². The highest BCUT2D eigenvalue weighted by Gasteiger charge is 2.37. The Kier molecular flexibility index (Phi) is 9.14. The predicted molar refractivity (Wildman–Crippen MR) is 102 cm³/mol. The zero-order chi connectivity index (χ0) is 20.5. The average Bonchev–Trinajstić information content (AvgIpc) is 2.78. The minimum absolute atomic E-state index is 0.163. The van der Waals surface area contributed by atoms with Gasteiger partial charge in [-0.05, 0) is 12.8 Å². The Bertz CT molecular complexity index is 506. The van der Waals surface area contributed by atoms with Crippen LogP contribution in [0.5, 0.6) is 0 Å². The number of rotatable bonds is 6. The number of nitrogens with zero attached hydrogens (tertiary/aromatic N) is 3. The molecule has 0 amide bonds. The first-order valence-electron chi connectivity index (χ1n) is 9.89. The number of ether oxygens (including phenoxy) is 3. The van der Waals surface area contributed by atoms with Gasteiger partial charge in [0.15, 0.2) is 0 Å². The van der Waals surface area contributed by atoms with E-state index in [1.165, 1.54) is 21.3 Å². The van der Waals surface area contributed by atoms with Crippen molar-refractivity contribution in [3.63, 3.8) is 0 Å². The van der Waals surface area contributed by atoms with Gasteiger partial charge in [-0.3, -0.25) is 29.1 Å². The zero-order valence-corrected chi connectivity index (χ0v) is 17.2. The monoisotopic (exact) mass is 399 g/mol. The fraction of sp³-hybridized carbons (Fsp3) is 0.842. The first-order valence-corrected chi connectivity index (χ1v) is 9.89. The summed E-state index contributed by atoms with van der Waals surface area (Å²) in [4.78, 5) is 42.1. The van der Waals surface area contributed by atoms with E-state index in [2.05, 4.69) is 9.80 Å². The minimum Gasteiger partial charge on any atom is -0.468 e. The second-order valence-electron chi connectivity index (χ2n) is 7.36. The van der Waals surface area contributed by atoms with E-state index < -0.39 is 0 Å². The third kappa shape index (κ3) is 6.42. The highest BCUT2D eigenvalue weighted by atomic mass is 16.5. The van der Waals surface area contributed by atoms with E-state index in [9.17, 15) is 14.4 Å². The summed E-state index contributed by atoms with van der Waals surface area (Å²) in [6.45, 7) is 3.18. The molecule has 1 heterocycles. The maximum absolute atomic E-state index is 12.0. The second-order valence-corrected chi connectivity index (χ2v) is 7.36. The van der Waals surface area contributed by atoms with Crippen LogP contribution in [0.25, 0.3) is 0 Å². The van der Waals surface area contributed by atoms with Crippen LogP contribution in [0.3, 0.4) is 0 Å². The first kappa shape index (κ1) is 22.6. The van der Waals surface area contributed by atoms with E-state index in [0.717, 1.165) is 25.7 Å². The van der Waals surface area contributed by atoms with Crippen LogP contribution in [0.4, 0.5) is 0 Å². The second kappa shape index (κ2) is 11.3. The molecule has 0 radical (unpaired) electrons. The smallest absolute Gasteiger partial charge is 0.319 e. The van der Waals surface area contributed by atoms with Crippen molar-refractivity contribution in [2.75, 3.05) is 67.1 Å². The van der Waals surface area contributed by atoms with Crippen LogP contribution >= 0.6 is 0 Å². The van der Waals surface area contributed by atoms with Crippen molar-refractivity contribution in [1.29, 1.82) is 0 Å². The van der Waals surface area contributed by atoms with Crippen molar-refractivity contribution < 1.29 is 28.6 Å². The fourth-order valence-corrected chi connectivity index (χ4v) is 4.19. The molecule has 0 aromatic carbocycles. The normalized spacial score (nSPS) is 25.0. The number of fused-ring (bicyclic) bond motifs is 1. The van der Waals surface area contributed by atoms with Crippen molar-refractivity contribution >= 4 is 17.9 Å². The maximum Gasteiger partial charge on any atom is 0.319 e. The number of carbonyl (C=O) groups excluding carboxylic acids is 3.